The van der Waals surface area contributed by atoms with Crippen molar-refractivity contribution in [1.82, 2.24) is 4.57 Å². The number of rotatable bonds is 5. The van der Waals surface area contributed by atoms with Crippen molar-refractivity contribution in [3.05, 3.63) is 74.1 Å². The molecule has 1 aromatic heterocycles. The zero-order valence-corrected chi connectivity index (χ0v) is 21.7. The summed E-state index contributed by atoms with van der Waals surface area (Å²) in [7, 11) is 1.93. The van der Waals surface area contributed by atoms with Crippen LogP contribution in [-0.4, -0.2) is 35.8 Å². The molecular weight excluding hydrogens is 496 g/mol. The lowest BCUT2D eigenvalue weighted by atomic mass is 10.1. The molecule has 0 spiro atoms. The van der Waals surface area contributed by atoms with Gasteiger partial charge in [-0.15, -0.1) is 11.3 Å². The maximum Gasteiger partial charge on any atom is 0.311 e. The summed E-state index contributed by atoms with van der Waals surface area (Å²) in [5, 5.41) is 6.61. The fourth-order valence-corrected chi connectivity index (χ4v) is 6.77. The lowest BCUT2D eigenvalue weighted by Crippen LogP contribution is -2.35. The van der Waals surface area contributed by atoms with Crippen molar-refractivity contribution in [3.8, 4) is 0 Å². The summed E-state index contributed by atoms with van der Waals surface area (Å²) in [4.78, 5) is 42.8. The van der Waals surface area contributed by atoms with Crippen molar-refractivity contribution in [2.24, 2.45) is 5.10 Å². The maximum absolute atomic E-state index is 13.7. The van der Waals surface area contributed by atoms with E-state index in [1.54, 1.807) is 23.6 Å². The first kappa shape index (κ1) is 24.1. The van der Waals surface area contributed by atoms with Gasteiger partial charge in [-0.1, -0.05) is 42.1 Å². The second-order valence-electron chi connectivity index (χ2n) is 8.08. The summed E-state index contributed by atoms with van der Waals surface area (Å²) in [6.07, 6.45) is -0.167. The predicted octanol–water partition coefficient (Wildman–Crippen LogP) is 2.74. The van der Waals surface area contributed by atoms with Gasteiger partial charge in [-0.05, 0) is 38.1 Å². The third-order valence-electron chi connectivity index (χ3n) is 5.88. The van der Waals surface area contributed by atoms with E-state index in [-0.39, 0.29) is 35.8 Å². The average Bonchev–Trinajstić information content (AvgIpc) is 3.50. The molecule has 0 atom stereocenters. The molecule has 184 valence electrons. The summed E-state index contributed by atoms with van der Waals surface area (Å²) in [5.74, 6) is -0.856. The number of nitrogens with zero attached hydrogens (tertiary/aromatic N) is 4. The van der Waals surface area contributed by atoms with Gasteiger partial charge in [0.2, 0.25) is 0 Å². The van der Waals surface area contributed by atoms with Gasteiger partial charge in [-0.2, -0.15) is 10.1 Å². The first-order valence-corrected chi connectivity index (χ1v) is 13.2. The Kier molecular flexibility index (Phi) is 6.55. The largest absolute Gasteiger partial charge is 0.466 e. The second-order valence-corrected chi connectivity index (χ2v) is 10.1. The lowest BCUT2D eigenvalue weighted by molar-refractivity contribution is -0.141. The molecule has 0 saturated heterocycles. The highest BCUT2D eigenvalue weighted by Crippen LogP contribution is 2.44. The Morgan fingerprint density at radius 2 is 1.75 bits per heavy atom. The number of hydrogen-bond donors (Lipinski definition) is 0. The van der Waals surface area contributed by atoms with E-state index in [4.69, 9.17) is 4.74 Å². The zero-order valence-electron chi connectivity index (χ0n) is 20.1. The molecule has 8 nitrogen and oxygen atoms in total. The summed E-state index contributed by atoms with van der Waals surface area (Å²) in [5.41, 5.74) is 1.98. The molecular formula is C26H24N4O4S2. The highest BCUT2D eigenvalue weighted by Gasteiger charge is 2.35. The van der Waals surface area contributed by atoms with Crippen molar-refractivity contribution in [2.45, 2.75) is 31.7 Å². The van der Waals surface area contributed by atoms with Crippen LogP contribution >= 0.6 is 23.1 Å². The maximum atomic E-state index is 13.7. The molecule has 2 aliphatic rings. The van der Waals surface area contributed by atoms with Gasteiger partial charge < -0.3 is 9.64 Å². The molecule has 10 heteroatoms. The molecule has 36 heavy (non-hydrogen) atoms. The molecule has 0 fully saturated rings. The first-order chi connectivity index (χ1) is 17.4. The van der Waals surface area contributed by atoms with Gasteiger partial charge in [0.25, 0.3) is 11.5 Å². The zero-order chi connectivity index (χ0) is 25.4. The van der Waals surface area contributed by atoms with Crippen molar-refractivity contribution < 1.29 is 14.3 Å². The topological polar surface area (TPSA) is 84.2 Å². The van der Waals surface area contributed by atoms with E-state index in [0.29, 0.717) is 21.4 Å². The van der Waals surface area contributed by atoms with Crippen molar-refractivity contribution in [2.75, 3.05) is 23.6 Å². The normalized spacial score (nSPS) is 18.0. The number of hydrogen-bond acceptors (Lipinski definition) is 8. The number of aromatic nitrogens is 1. The second kappa shape index (κ2) is 9.79. The molecule has 0 bridgehead atoms. The Morgan fingerprint density at radius 1 is 1.03 bits per heavy atom. The fourth-order valence-electron chi connectivity index (χ4n) is 4.20. The molecule has 0 aliphatic carbocycles. The average molecular weight is 521 g/mol. The van der Waals surface area contributed by atoms with Crippen molar-refractivity contribution in [1.29, 1.82) is 0 Å². The van der Waals surface area contributed by atoms with Crippen LogP contribution in [0.3, 0.4) is 0 Å². The van der Waals surface area contributed by atoms with Crippen LogP contribution < -0.4 is 24.7 Å². The molecule has 0 saturated carbocycles. The van der Waals surface area contributed by atoms with E-state index in [0.717, 1.165) is 15.6 Å². The highest BCUT2D eigenvalue weighted by molar-refractivity contribution is 8.08. The summed E-state index contributed by atoms with van der Waals surface area (Å²) in [6.45, 7) is 4.19. The summed E-state index contributed by atoms with van der Waals surface area (Å²) in [6, 6.07) is 17.0. The molecule has 0 unspecified atom stereocenters. The minimum atomic E-state index is -0.477. The van der Waals surface area contributed by atoms with Crippen LogP contribution in [0, 0.1) is 0 Å². The highest BCUT2D eigenvalue weighted by atomic mass is 32.2. The number of hydrazone groups is 1. The standard InChI is InChI=1S/C26H24N4O4S2/c1-4-29-24(33)22(26-28(3)18-13-9-10-14-19(18)35-26)36-25(29)21-17(15-20(31)34-5-2)27-30(23(21)32)16-11-7-6-8-12-16/h6-14H,4-5,15H2,1-3H3/b25-21+,26-22-. The molecule has 1 amide bonds. The molecule has 2 aromatic carbocycles. The number of thioether (sulfide) groups is 1. The van der Waals surface area contributed by atoms with E-state index in [2.05, 4.69) is 5.10 Å². The van der Waals surface area contributed by atoms with Crippen LogP contribution in [0.5, 0.6) is 0 Å². The number of fused-ring (bicyclic) bond motifs is 1. The molecule has 3 aromatic rings. The Labute approximate surface area is 215 Å². The third-order valence-corrected chi connectivity index (χ3v) is 8.43. The Bertz CT molecular complexity index is 1570. The van der Waals surface area contributed by atoms with E-state index in [9.17, 15) is 14.4 Å². The van der Waals surface area contributed by atoms with Gasteiger partial charge in [0.15, 0.2) is 0 Å². The van der Waals surface area contributed by atoms with Gasteiger partial charge in [-0.3, -0.25) is 19.0 Å². The van der Waals surface area contributed by atoms with Crippen LogP contribution in [0.4, 0.5) is 11.4 Å². The van der Waals surface area contributed by atoms with E-state index in [1.165, 1.54) is 28.1 Å². The first-order valence-electron chi connectivity index (χ1n) is 11.6. The molecule has 0 N–H and O–H groups in total. The molecule has 3 heterocycles. The van der Waals surface area contributed by atoms with Crippen LogP contribution in [-0.2, 0) is 20.9 Å². The number of benzene rings is 2. The minimum absolute atomic E-state index is 0.167. The van der Waals surface area contributed by atoms with Crippen LogP contribution in [0.2, 0.25) is 0 Å². The third kappa shape index (κ3) is 4.06. The molecule has 0 radical (unpaired) electrons. The number of esters is 1. The molecule has 5 rings (SSSR count). The number of anilines is 2. The SMILES string of the molecule is CCOC(=O)CC1=NN(c2ccccc2)C(=O)/C1=c1/s/c(=C2\Sc3ccccc3N2C)c(=O)n1CC. The number of para-hydroxylation sites is 2. The Hall–Kier alpha value is -3.63. The van der Waals surface area contributed by atoms with E-state index >= 15 is 0 Å². The Balaban J connectivity index is 1.73. The number of amides is 1. The van der Waals surface area contributed by atoms with E-state index < -0.39 is 5.97 Å². The number of ether oxygens (including phenoxy) is 1. The minimum Gasteiger partial charge on any atom is -0.466 e. The van der Waals surface area contributed by atoms with Gasteiger partial charge in [0.05, 0.1) is 35.7 Å². The summed E-state index contributed by atoms with van der Waals surface area (Å²) < 4.78 is 7.76. The number of thiazole rings is 1. The quantitative estimate of drug-likeness (QED) is 0.481. The van der Waals surface area contributed by atoms with Crippen LogP contribution in [0.15, 0.2) is 69.4 Å². The summed E-state index contributed by atoms with van der Waals surface area (Å²) >= 11 is 2.79. The van der Waals surface area contributed by atoms with Crippen LogP contribution in [0.25, 0.3) is 10.6 Å². The smallest absolute Gasteiger partial charge is 0.311 e. The van der Waals surface area contributed by atoms with E-state index in [1.807, 2.05) is 61.3 Å². The monoisotopic (exact) mass is 520 g/mol. The van der Waals surface area contributed by atoms with Gasteiger partial charge in [0.1, 0.15) is 14.2 Å². The molecule has 2 aliphatic heterocycles. The fraction of sp³-hybridized carbons (Fsp3) is 0.231. The lowest BCUT2D eigenvalue weighted by Gasteiger charge is -2.11. The van der Waals surface area contributed by atoms with Crippen molar-refractivity contribution in [3.63, 3.8) is 0 Å². The number of carbonyl (C=O) groups excluding carboxylic acids is 2. The Morgan fingerprint density at radius 3 is 2.44 bits per heavy atom. The van der Waals surface area contributed by atoms with Gasteiger partial charge in [-0.25, -0.2) is 0 Å². The van der Waals surface area contributed by atoms with Gasteiger partial charge in [0, 0.05) is 18.5 Å². The van der Waals surface area contributed by atoms with Crippen LogP contribution in [0.1, 0.15) is 20.3 Å². The van der Waals surface area contributed by atoms with Crippen molar-refractivity contribution >= 4 is 62.7 Å². The predicted molar refractivity (Wildman–Crippen MR) is 144 cm³/mol. The number of carbonyl (C=O) groups is 2. The van der Waals surface area contributed by atoms with Gasteiger partial charge >= 0.3 is 5.97 Å².